The van der Waals surface area contributed by atoms with Crippen molar-refractivity contribution in [3.63, 3.8) is 0 Å². The normalized spacial score (nSPS) is 10.6. The lowest BCUT2D eigenvalue weighted by Crippen LogP contribution is -1.95. The van der Waals surface area contributed by atoms with E-state index in [-0.39, 0.29) is 0 Å². The van der Waals surface area contributed by atoms with Gasteiger partial charge in [0.25, 0.3) is 0 Å². The zero-order valence-electron chi connectivity index (χ0n) is 13.8. The number of nitrogens with zero attached hydrogens (tertiary/aromatic N) is 1. The van der Waals surface area contributed by atoms with E-state index in [1.165, 1.54) is 0 Å². The van der Waals surface area contributed by atoms with Gasteiger partial charge in [0, 0.05) is 29.5 Å². The standard InChI is InChI=1S/C18H21NO4/c1-20-15-7-5-13(17(9-15)22-3)11-19-12-14-6-8-16(21-2)10-18(14)23-4/h5-11H,12H2,1-4H3. The number of methoxy groups -OCH3 is 4. The maximum Gasteiger partial charge on any atom is 0.131 e. The van der Waals surface area contributed by atoms with Crippen LogP contribution in [0.4, 0.5) is 0 Å². The third-order valence-electron chi connectivity index (χ3n) is 3.43. The fourth-order valence-corrected chi connectivity index (χ4v) is 2.15. The predicted molar refractivity (Wildman–Crippen MR) is 90.4 cm³/mol. The fourth-order valence-electron chi connectivity index (χ4n) is 2.15. The minimum absolute atomic E-state index is 0.502. The highest BCUT2D eigenvalue weighted by Crippen LogP contribution is 2.26. The van der Waals surface area contributed by atoms with Crippen molar-refractivity contribution in [3.05, 3.63) is 47.5 Å². The Morgan fingerprint density at radius 3 is 2.00 bits per heavy atom. The van der Waals surface area contributed by atoms with Gasteiger partial charge in [-0.25, -0.2) is 0 Å². The van der Waals surface area contributed by atoms with Crippen molar-refractivity contribution >= 4 is 6.21 Å². The van der Waals surface area contributed by atoms with E-state index in [9.17, 15) is 0 Å². The molecule has 0 atom stereocenters. The van der Waals surface area contributed by atoms with Crippen LogP contribution in [0.2, 0.25) is 0 Å². The molecule has 0 bridgehead atoms. The topological polar surface area (TPSA) is 49.3 Å². The molecule has 0 N–H and O–H groups in total. The van der Waals surface area contributed by atoms with E-state index < -0.39 is 0 Å². The van der Waals surface area contributed by atoms with Crippen LogP contribution in [0, 0.1) is 0 Å². The van der Waals surface area contributed by atoms with E-state index in [1.807, 2.05) is 36.4 Å². The van der Waals surface area contributed by atoms with Crippen molar-refractivity contribution < 1.29 is 18.9 Å². The van der Waals surface area contributed by atoms with Gasteiger partial charge < -0.3 is 18.9 Å². The summed E-state index contributed by atoms with van der Waals surface area (Å²) in [6.45, 7) is 0.502. The van der Waals surface area contributed by atoms with Crippen molar-refractivity contribution in [2.45, 2.75) is 6.54 Å². The Kier molecular flexibility index (Phi) is 5.86. The summed E-state index contributed by atoms with van der Waals surface area (Å²) in [6.07, 6.45) is 1.78. The molecule has 0 aliphatic rings. The van der Waals surface area contributed by atoms with Crippen LogP contribution in [0.1, 0.15) is 11.1 Å². The second-order valence-corrected chi connectivity index (χ2v) is 4.76. The van der Waals surface area contributed by atoms with Gasteiger partial charge in [-0.15, -0.1) is 0 Å². The van der Waals surface area contributed by atoms with Crippen molar-refractivity contribution in [3.8, 4) is 23.0 Å². The first-order valence-corrected chi connectivity index (χ1v) is 7.14. The Labute approximate surface area is 136 Å². The Bertz CT molecular complexity index is 683. The molecular weight excluding hydrogens is 294 g/mol. The second kappa shape index (κ2) is 8.08. The molecule has 0 radical (unpaired) electrons. The third kappa shape index (κ3) is 4.16. The van der Waals surface area contributed by atoms with Crippen molar-refractivity contribution in [2.24, 2.45) is 4.99 Å². The molecule has 5 heteroatoms. The lowest BCUT2D eigenvalue weighted by Gasteiger charge is -2.09. The van der Waals surface area contributed by atoms with Crippen LogP contribution in [0.25, 0.3) is 0 Å². The average Bonchev–Trinajstić information content (AvgIpc) is 2.61. The zero-order valence-corrected chi connectivity index (χ0v) is 13.8. The molecule has 0 saturated heterocycles. The van der Waals surface area contributed by atoms with Gasteiger partial charge in [0.15, 0.2) is 0 Å². The molecule has 2 rings (SSSR count). The SMILES string of the molecule is COc1ccc(C=NCc2ccc(OC)cc2OC)c(OC)c1. The number of hydrogen-bond donors (Lipinski definition) is 0. The Morgan fingerprint density at radius 2 is 1.39 bits per heavy atom. The lowest BCUT2D eigenvalue weighted by molar-refractivity contribution is 0.391. The van der Waals surface area contributed by atoms with Crippen LogP contribution in [-0.4, -0.2) is 34.7 Å². The highest BCUT2D eigenvalue weighted by atomic mass is 16.5. The largest absolute Gasteiger partial charge is 0.497 e. The predicted octanol–water partition coefficient (Wildman–Crippen LogP) is 3.34. The Morgan fingerprint density at radius 1 is 0.783 bits per heavy atom. The maximum atomic E-state index is 5.37. The summed E-state index contributed by atoms with van der Waals surface area (Å²) in [6, 6.07) is 11.3. The number of hydrogen-bond acceptors (Lipinski definition) is 5. The van der Waals surface area contributed by atoms with E-state index in [2.05, 4.69) is 4.99 Å². The molecule has 0 spiro atoms. The van der Waals surface area contributed by atoms with Crippen LogP contribution in [0.5, 0.6) is 23.0 Å². The van der Waals surface area contributed by atoms with E-state index in [0.29, 0.717) is 6.54 Å². The first kappa shape index (κ1) is 16.7. The first-order valence-electron chi connectivity index (χ1n) is 7.14. The van der Waals surface area contributed by atoms with Crippen LogP contribution < -0.4 is 18.9 Å². The molecule has 0 fully saturated rings. The quantitative estimate of drug-likeness (QED) is 0.735. The van der Waals surface area contributed by atoms with Crippen LogP contribution in [0.15, 0.2) is 41.4 Å². The molecule has 0 amide bonds. The van der Waals surface area contributed by atoms with Gasteiger partial charge in [-0.2, -0.15) is 0 Å². The van der Waals surface area contributed by atoms with E-state index >= 15 is 0 Å². The highest BCUT2D eigenvalue weighted by molar-refractivity contribution is 5.84. The van der Waals surface area contributed by atoms with E-state index in [4.69, 9.17) is 18.9 Å². The maximum absolute atomic E-state index is 5.37. The summed E-state index contributed by atoms with van der Waals surface area (Å²) in [5.41, 5.74) is 1.87. The highest BCUT2D eigenvalue weighted by Gasteiger charge is 2.05. The van der Waals surface area contributed by atoms with E-state index in [1.54, 1.807) is 34.7 Å². The van der Waals surface area contributed by atoms with Gasteiger partial charge in [0.1, 0.15) is 23.0 Å². The molecule has 0 aliphatic carbocycles. The second-order valence-electron chi connectivity index (χ2n) is 4.76. The fraction of sp³-hybridized carbons (Fsp3) is 0.278. The molecule has 2 aromatic carbocycles. The molecule has 0 aromatic heterocycles. The number of rotatable bonds is 7. The number of benzene rings is 2. The molecule has 23 heavy (non-hydrogen) atoms. The minimum Gasteiger partial charge on any atom is -0.497 e. The van der Waals surface area contributed by atoms with Gasteiger partial charge >= 0.3 is 0 Å². The molecule has 0 unspecified atom stereocenters. The molecule has 5 nitrogen and oxygen atoms in total. The van der Waals surface area contributed by atoms with Gasteiger partial charge in [-0.1, -0.05) is 0 Å². The molecule has 0 heterocycles. The Hall–Kier alpha value is -2.69. The average molecular weight is 315 g/mol. The minimum atomic E-state index is 0.502. The summed E-state index contributed by atoms with van der Waals surface area (Å²) < 4.78 is 21.1. The molecule has 0 aliphatic heterocycles. The summed E-state index contributed by atoms with van der Waals surface area (Å²) >= 11 is 0. The smallest absolute Gasteiger partial charge is 0.131 e. The monoisotopic (exact) mass is 315 g/mol. The van der Waals surface area contributed by atoms with Gasteiger partial charge in [-0.05, 0) is 24.3 Å². The molecule has 0 saturated carbocycles. The summed E-state index contributed by atoms with van der Waals surface area (Å²) in [7, 11) is 6.51. The van der Waals surface area contributed by atoms with Gasteiger partial charge in [-0.3, -0.25) is 4.99 Å². The van der Waals surface area contributed by atoms with Gasteiger partial charge in [0.2, 0.25) is 0 Å². The molecular formula is C18H21NO4. The number of ether oxygens (including phenoxy) is 4. The van der Waals surface area contributed by atoms with Crippen molar-refractivity contribution in [1.29, 1.82) is 0 Å². The third-order valence-corrected chi connectivity index (χ3v) is 3.43. The van der Waals surface area contributed by atoms with Crippen molar-refractivity contribution in [1.82, 2.24) is 0 Å². The lowest BCUT2D eigenvalue weighted by atomic mass is 10.2. The summed E-state index contributed by atoms with van der Waals surface area (Å²) in [5.74, 6) is 2.97. The van der Waals surface area contributed by atoms with Crippen LogP contribution in [0.3, 0.4) is 0 Å². The summed E-state index contributed by atoms with van der Waals surface area (Å²) in [4.78, 5) is 4.47. The number of aliphatic imine (C=N–C) groups is 1. The van der Waals surface area contributed by atoms with Crippen LogP contribution in [-0.2, 0) is 6.54 Å². The first-order chi connectivity index (χ1) is 11.2. The van der Waals surface area contributed by atoms with Crippen molar-refractivity contribution in [2.75, 3.05) is 28.4 Å². The zero-order chi connectivity index (χ0) is 16.7. The van der Waals surface area contributed by atoms with Crippen LogP contribution >= 0.6 is 0 Å². The summed E-state index contributed by atoms with van der Waals surface area (Å²) in [5, 5.41) is 0. The molecule has 122 valence electrons. The molecule has 2 aromatic rings. The van der Waals surface area contributed by atoms with E-state index in [0.717, 1.165) is 34.1 Å². The Balaban J connectivity index is 2.16. The van der Waals surface area contributed by atoms with Gasteiger partial charge in [0.05, 0.1) is 35.0 Å².